The second kappa shape index (κ2) is 5.62. The number of anilines is 2. The molecule has 2 heterocycles. The maximum atomic E-state index is 12.8. The first-order valence-electron chi connectivity index (χ1n) is 7.48. The van der Waals surface area contributed by atoms with Gasteiger partial charge in [-0.2, -0.15) is 5.10 Å². The molecule has 0 saturated heterocycles. The monoisotopic (exact) mass is 343 g/mol. The molecule has 9 heteroatoms. The van der Waals surface area contributed by atoms with Crippen LogP contribution in [-0.2, 0) is 16.6 Å². The lowest BCUT2D eigenvalue weighted by molar-refractivity contribution is -0.143. The minimum absolute atomic E-state index is 0.0893. The molecule has 25 heavy (non-hydrogen) atoms. The molecule has 1 aliphatic rings. The molecule has 0 spiro atoms. The van der Waals surface area contributed by atoms with E-state index in [1.165, 1.54) is 11.6 Å². The van der Waals surface area contributed by atoms with E-state index in [1.54, 1.807) is 38.2 Å². The minimum atomic E-state index is -1.81. The molecule has 9 nitrogen and oxygen atoms in total. The Morgan fingerprint density at radius 2 is 2.04 bits per heavy atom. The average molecular weight is 343 g/mol. The first-order valence-corrected chi connectivity index (χ1v) is 7.48. The molecule has 0 aliphatic carbocycles. The van der Waals surface area contributed by atoms with Crippen LogP contribution >= 0.6 is 0 Å². The van der Waals surface area contributed by atoms with Gasteiger partial charge in [-0.05, 0) is 26.0 Å². The van der Waals surface area contributed by atoms with E-state index in [9.17, 15) is 14.4 Å². The Morgan fingerprint density at radius 3 is 2.72 bits per heavy atom. The van der Waals surface area contributed by atoms with Gasteiger partial charge in [-0.1, -0.05) is 12.1 Å². The molecule has 1 aromatic heterocycles. The molecule has 130 valence electrons. The number of primary amides is 1. The van der Waals surface area contributed by atoms with Crippen molar-refractivity contribution in [3.8, 4) is 5.75 Å². The van der Waals surface area contributed by atoms with E-state index in [2.05, 4.69) is 15.7 Å². The molecule has 1 aromatic carbocycles. The van der Waals surface area contributed by atoms with Crippen LogP contribution in [0.25, 0.3) is 0 Å². The molecule has 0 bridgehead atoms. The molecule has 0 unspecified atom stereocenters. The quantitative estimate of drug-likeness (QED) is 0.701. The van der Waals surface area contributed by atoms with Crippen LogP contribution in [0.1, 0.15) is 23.1 Å². The van der Waals surface area contributed by atoms with Crippen molar-refractivity contribution in [3.63, 3.8) is 0 Å². The van der Waals surface area contributed by atoms with E-state index in [0.29, 0.717) is 17.1 Å². The van der Waals surface area contributed by atoms with E-state index in [1.807, 2.05) is 0 Å². The number of hydrogen-bond acceptors (Lipinski definition) is 5. The predicted molar refractivity (Wildman–Crippen MR) is 89.2 cm³/mol. The number of ether oxygens (including phenoxy) is 1. The number of carbonyl (C=O) groups is 3. The van der Waals surface area contributed by atoms with Crippen molar-refractivity contribution < 1.29 is 19.1 Å². The number of hydrogen-bond donors (Lipinski definition) is 3. The van der Waals surface area contributed by atoms with E-state index in [0.717, 1.165) is 0 Å². The van der Waals surface area contributed by atoms with Crippen LogP contribution in [0.3, 0.4) is 0 Å². The fraction of sp³-hybridized carbons (Fsp3) is 0.250. The summed E-state index contributed by atoms with van der Waals surface area (Å²) < 4.78 is 7.06. The molecule has 4 N–H and O–H groups in total. The lowest BCUT2D eigenvalue weighted by Gasteiger charge is -2.33. The highest BCUT2D eigenvalue weighted by atomic mass is 16.5. The third kappa shape index (κ3) is 2.59. The Bertz CT molecular complexity index is 904. The number of nitrogens with two attached hydrogens (primary N) is 1. The van der Waals surface area contributed by atoms with Gasteiger partial charge in [-0.25, -0.2) is 0 Å². The van der Waals surface area contributed by atoms with Gasteiger partial charge < -0.3 is 21.1 Å². The molecule has 3 rings (SSSR count). The predicted octanol–water partition coefficient (Wildman–Crippen LogP) is 0.556. The van der Waals surface area contributed by atoms with Crippen molar-refractivity contribution in [3.05, 3.63) is 35.7 Å². The maximum Gasteiger partial charge on any atom is 0.278 e. The van der Waals surface area contributed by atoms with Crippen molar-refractivity contribution in [1.29, 1.82) is 0 Å². The summed E-state index contributed by atoms with van der Waals surface area (Å²) in [6, 6.07) is 6.78. The summed E-state index contributed by atoms with van der Waals surface area (Å²) in [5, 5.41) is 9.15. The van der Waals surface area contributed by atoms with Gasteiger partial charge in [0.1, 0.15) is 5.75 Å². The number of para-hydroxylation sites is 2. The van der Waals surface area contributed by atoms with Gasteiger partial charge in [-0.15, -0.1) is 0 Å². The normalized spacial score (nSPS) is 18.8. The number of fused-ring (bicyclic) bond motifs is 1. The SMILES string of the molecule is Cc1c(NC(=O)[C@]2(C)Oc3ccccc3NC2=O)c(C(N)=O)nn1C. The smallest absolute Gasteiger partial charge is 0.278 e. The van der Waals surface area contributed by atoms with Gasteiger partial charge in [0.25, 0.3) is 23.3 Å². The molecule has 0 radical (unpaired) electrons. The van der Waals surface area contributed by atoms with Crippen LogP contribution < -0.4 is 21.1 Å². The van der Waals surface area contributed by atoms with Gasteiger partial charge in [0, 0.05) is 7.05 Å². The Labute approximate surface area is 143 Å². The molecular weight excluding hydrogens is 326 g/mol. The first-order chi connectivity index (χ1) is 11.7. The number of aromatic nitrogens is 2. The van der Waals surface area contributed by atoms with Crippen molar-refractivity contribution in [2.75, 3.05) is 10.6 Å². The number of nitrogens with zero attached hydrogens (tertiary/aromatic N) is 2. The zero-order valence-electron chi connectivity index (χ0n) is 13.9. The van der Waals surface area contributed by atoms with Gasteiger partial charge >= 0.3 is 0 Å². The number of aryl methyl sites for hydroxylation is 1. The minimum Gasteiger partial charge on any atom is -0.466 e. The molecule has 1 aliphatic heterocycles. The number of amides is 3. The van der Waals surface area contributed by atoms with E-state index in [4.69, 9.17) is 10.5 Å². The van der Waals surface area contributed by atoms with Crippen molar-refractivity contribution in [2.24, 2.45) is 12.8 Å². The summed E-state index contributed by atoms with van der Waals surface area (Å²) in [4.78, 5) is 36.7. The highest BCUT2D eigenvalue weighted by molar-refractivity contribution is 6.19. The zero-order chi connectivity index (χ0) is 18.4. The van der Waals surface area contributed by atoms with Crippen molar-refractivity contribution in [2.45, 2.75) is 19.4 Å². The number of benzene rings is 1. The summed E-state index contributed by atoms with van der Waals surface area (Å²) in [7, 11) is 1.61. The second-order valence-corrected chi connectivity index (χ2v) is 5.84. The average Bonchev–Trinajstić information content (AvgIpc) is 2.84. The molecule has 1 atom stereocenters. The molecule has 3 amide bonds. The largest absolute Gasteiger partial charge is 0.466 e. The van der Waals surface area contributed by atoms with Gasteiger partial charge in [0.2, 0.25) is 0 Å². The summed E-state index contributed by atoms with van der Waals surface area (Å²) >= 11 is 0. The first kappa shape index (κ1) is 16.5. The van der Waals surface area contributed by atoms with E-state index in [-0.39, 0.29) is 11.4 Å². The van der Waals surface area contributed by atoms with Crippen LogP contribution in [0.15, 0.2) is 24.3 Å². The Balaban J connectivity index is 1.94. The fourth-order valence-corrected chi connectivity index (χ4v) is 2.48. The van der Waals surface area contributed by atoms with Gasteiger partial charge in [-0.3, -0.25) is 19.1 Å². The molecular formula is C16H17N5O4. The number of nitrogens with one attached hydrogen (secondary N) is 2. The topological polar surface area (TPSA) is 128 Å². The number of carbonyl (C=O) groups excluding carboxylic acids is 3. The van der Waals surface area contributed by atoms with Crippen molar-refractivity contribution >= 4 is 29.1 Å². The second-order valence-electron chi connectivity index (χ2n) is 5.84. The summed E-state index contributed by atoms with van der Waals surface area (Å²) in [5.74, 6) is -1.77. The number of rotatable bonds is 3. The zero-order valence-corrected chi connectivity index (χ0v) is 13.9. The lowest BCUT2D eigenvalue weighted by atomic mass is 10.0. The molecule has 2 aromatic rings. The van der Waals surface area contributed by atoms with Crippen molar-refractivity contribution in [1.82, 2.24) is 9.78 Å². The molecule has 0 saturated carbocycles. The van der Waals surface area contributed by atoms with Crippen LogP contribution in [0.4, 0.5) is 11.4 Å². The highest BCUT2D eigenvalue weighted by Crippen LogP contribution is 2.34. The summed E-state index contributed by atoms with van der Waals surface area (Å²) in [6.45, 7) is 3.01. The summed E-state index contributed by atoms with van der Waals surface area (Å²) in [6.07, 6.45) is 0. The van der Waals surface area contributed by atoms with E-state index < -0.39 is 23.3 Å². The third-order valence-corrected chi connectivity index (χ3v) is 4.12. The lowest BCUT2D eigenvalue weighted by Crippen LogP contribution is -2.56. The molecule has 0 fully saturated rings. The third-order valence-electron chi connectivity index (χ3n) is 4.12. The van der Waals surface area contributed by atoms with E-state index >= 15 is 0 Å². The summed E-state index contributed by atoms with van der Waals surface area (Å²) in [5.41, 5.74) is 4.54. The Kier molecular flexibility index (Phi) is 3.71. The Hall–Kier alpha value is -3.36. The van der Waals surface area contributed by atoms with Crippen LogP contribution in [0.2, 0.25) is 0 Å². The van der Waals surface area contributed by atoms with Crippen LogP contribution in [-0.4, -0.2) is 33.1 Å². The fourth-order valence-electron chi connectivity index (χ4n) is 2.48. The maximum absolute atomic E-state index is 12.8. The Morgan fingerprint density at radius 1 is 1.36 bits per heavy atom. The highest BCUT2D eigenvalue weighted by Gasteiger charge is 2.47. The standard InChI is InChI=1S/C16H17N5O4/c1-8-11(12(13(17)22)20-21(8)3)19-15(24)16(2)14(23)18-9-6-4-5-7-10(9)25-16/h4-7H,1-3H3,(H2,17,22)(H,18,23)(H,19,24)/t16-/m1/s1. The van der Waals surface area contributed by atoms with Crippen LogP contribution in [0, 0.1) is 6.92 Å². The van der Waals surface area contributed by atoms with Crippen LogP contribution in [0.5, 0.6) is 5.75 Å². The van der Waals surface area contributed by atoms with Gasteiger partial charge in [0.15, 0.2) is 5.69 Å². The van der Waals surface area contributed by atoms with Gasteiger partial charge in [0.05, 0.1) is 17.1 Å².